The minimum Gasteiger partial charge on any atom is -0.357 e. The molecule has 2 aromatic rings. The van der Waals surface area contributed by atoms with Crippen LogP contribution in [0.3, 0.4) is 0 Å². The molecule has 3 rings (SSSR count). The molecule has 1 saturated heterocycles. The number of aromatic nitrogens is 3. The molecule has 0 radical (unpaired) electrons. The SMILES string of the molecule is Cc1cc(N(C)C2CCCNCC2)n2ncnc2c1. The largest absolute Gasteiger partial charge is 0.357 e. The third-order valence-corrected chi connectivity index (χ3v) is 3.96. The molecule has 1 unspecified atom stereocenters. The molecule has 0 spiro atoms. The van der Waals surface area contributed by atoms with Crippen molar-refractivity contribution in [3.63, 3.8) is 0 Å². The zero-order valence-corrected chi connectivity index (χ0v) is 11.6. The predicted molar refractivity (Wildman–Crippen MR) is 76.6 cm³/mol. The maximum Gasteiger partial charge on any atom is 0.157 e. The van der Waals surface area contributed by atoms with Crippen LogP contribution in [0.5, 0.6) is 0 Å². The van der Waals surface area contributed by atoms with Crippen molar-refractivity contribution in [1.29, 1.82) is 0 Å². The van der Waals surface area contributed by atoms with E-state index in [9.17, 15) is 0 Å². The molecule has 1 fully saturated rings. The van der Waals surface area contributed by atoms with E-state index in [0.29, 0.717) is 6.04 Å². The van der Waals surface area contributed by atoms with E-state index in [0.717, 1.165) is 24.6 Å². The smallest absolute Gasteiger partial charge is 0.157 e. The number of nitrogens with zero attached hydrogens (tertiary/aromatic N) is 4. The maximum atomic E-state index is 4.35. The monoisotopic (exact) mass is 259 g/mol. The van der Waals surface area contributed by atoms with E-state index in [2.05, 4.69) is 46.4 Å². The fraction of sp³-hybridized carbons (Fsp3) is 0.571. The molecule has 19 heavy (non-hydrogen) atoms. The van der Waals surface area contributed by atoms with E-state index in [1.165, 1.54) is 24.8 Å². The van der Waals surface area contributed by atoms with Gasteiger partial charge in [0.15, 0.2) is 5.65 Å². The van der Waals surface area contributed by atoms with Crippen LogP contribution in [-0.4, -0.2) is 40.8 Å². The number of anilines is 1. The highest BCUT2D eigenvalue weighted by Crippen LogP contribution is 2.22. The number of pyridine rings is 1. The van der Waals surface area contributed by atoms with Crippen molar-refractivity contribution in [3.05, 3.63) is 24.0 Å². The molecule has 0 saturated carbocycles. The van der Waals surface area contributed by atoms with Crippen molar-refractivity contribution < 1.29 is 0 Å². The number of fused-ring (bicyclic) bond motifs is 1. The molecule has 1 atom stereocenters. The summed E-state index contributed by atoms with van der Waals surface area (Å²) < 4.78 is 1.94. The van der Waals surface area contributed by atoms with Gasteiger partial charge in [0.2, 0.25) is 0 Å². The third-order valence-electron chi connectivity index (χ3n) is 3.96. The molecule has 0 aromatic carbocycles. The zero-order chi connectivity index (χ0) is 13.2. The Morgan fingerprint density at radius 1 is 1.32 bits per heavy atom. The minimum atomic E-state index is 0.573. The average molecular weight is 259 g/mol. The normalized spacial score (nSPS) is 20.4. The van der Waals surface area contributed by atoms with Crippen molar-refractivity contribution in [2.45, 2.75) is 32.2 Å². The molecule has 1 aliphatic heterocycles. The van der Waals surface area contributed by atoms with E-state index in [1.807, 2.05) is 4.52 Å². The molecule has 0 amide bonds. The molecule has 5 heteroatoms. The van der Waals surface area contributed by atoms with Crippen LogP contribution < -0.4 is 10.2 Å². The van der Waals surface area contributed by atoms with E-state index < -0.39 is 0 Å². The van der Waals surface area contributed by atoms with E-state index in [4.69, 9.17) is 0 Å². The zero-order valence-electron chi connectivity index (χ0n) is 11.6. The summed E-state index contributed by atoms with van der Waals surface area (Å²) in [5.41, 5.74) is 2.16. The Bertz CT molecular complexity index is 554. The second-order valence-electron chi connectivity index (χ2n) is 5.37. The molecule has 0 aliphatic carbocycles. The summed E-state index contributed by atoms with van der Waals surface area (Å²) in [6.07, 6.45) is 5.27. The van der Waals surface area contributed by atoms with E-state index >= 15 is 0 Å². The fourth-order valence-electron chi connectivity index (χ4n) is 2.86. The number of hydrogen-bond acceptors (Lipinski definition) is 4. The van der Waals surface area contributed by atoms with Crippen LogP contribution in [0.4, 0.5) is 5.82 Å². The molecule has 102 valence electrons. The van der Waals surface area contributed by atoms with Gasteiger partial charge in [0.1, 0.15) is 12.1 Å². The Balaban J connectivity index is 1.95. The predicted octanol–water partition coefficient (Wildman–Crippen LogP) is 1.62. The molecule has 1 aliphatic rings. The van der Waals surface area contributed by atoms with Crippen LogP contribution in [0, 0.1) is 6.92 Å². The highest BCUT2D eigenvalue weighted by atomic mass is 15.4. The molecular formula is C14H21N5. The van der Waals surface area contributed by atoms with Gasteiger partial charge in [-0.15, -0.1) is 0 Å². The van der Waals surface area contributed by atoms with Gasteiger partial charge in [0.05, 0.1) is 0 Å². The first kappa shape index (κ1) is 12.4. The van der Waals surface area contributed by atoms with Gasteiger partial charge in [0.25, 0.3) is 0 Å². The first-order valence-corrected chi connectivity index (χ1v) is 6.99. The lowest BCUT2D eigenvalue weighted by Gasteiger charge is -2.29. The first-order chi connectivity index (χ1) is 9.25. The summed E-state index contributed by atoms with van der Waals surface area (Å²) in [4.78, 5) is 6.66. The van der Waals surface area contributed by atoms with Crippen LogP contribution in [0.25, 0.3) is 5.65 Å². The van der Waals surface area contributed by atoms with Gasteiger partial charge in [-0.3, -0.25) is 0 Å². The Morgan fingerprint density at radius 2 is 2.21 bits per heavy atom. The van der Waals surface area contributed by atoms with Gasteiger partial charge >= 0.3 is 0 Å². The van der Waals surface area contributed by atoms with Crippen LogP contribution in [0.1, 0.15) is 24.8 Å². The number of hydrogen-bond donors (Lipinski definition) is 1. The average Bonchev–Trinajstić information content (AvgIpc) is 2.70. The summed E-state index contributed by atoms with van der Waals surface area (Å²) in [7, 11) is 2.17. The van der Waals surface area contributed by atoms with Gasteiger partial charge < -0.3 is 10.2 Å². The van der Waals surface area contributed by atoms with Crippen LogP contribution in [0.2, 0.25) is 0 Å². The molecule has 3 heterocycles. The Labute approximate surface area is 113 Å². The highest BCUT2D eigenvalue weighted by Gasteiger charge is 2.19. The quantitative estimate of drug-likeness (QED) is 0.890. The summed E-state index contributed by atoms with van der Waals surface area (Å²) in [5.74, 6) is 1.14. The lowest BCUT2D eigenvalue weighted by atomic mass is 10.1. The third kappa shape index (κ3) is 2.42. The van der Waals surface area contributed by atoms with E-state index in [1.54, 1.807) is 6.33 Å². The van der Waals surface area contributed by atoms with Crippen LogP contribution in [-0.2, 0) is 0 Å². The van der Waals surface area contributed by atoms with Crippen molar-refractivity contribution in [2.24, 2.45) is 0 Å². The van der Waals surface area contributed by atoms with Crippen LogP contribution >= 0.6 is 0 Å². The van der Waals surface area contributed by atoms with Crippen molar-refractivity contribution >= 4 is 11.5 Å². The number of aryl methyl sites for hydroxylation is 1. The van der Waals surface area contributed by atoms with Crippen LogP contribution in [0.15, 0.2) is 18.5 Å². The van der Waals surface area contributed by atoms with E-state index in [-0.39, 0.29) is 0 Å². The second kappa shape index (κ2) is 5.17. The standard InChI is InChI=1S/C14H21N5/c1-11-8-13-16-10-17-19(13)14(9-11)18(2)12-4-3-6-15-7-5-12/h8-10,12,15H,3-7H2,1-2H3. The summed E-state index contributed by atoms with van der Waals surface area (Å²) in [5, 5.41) is 7.81. The summed E-state index contributed by atoms with van der Waals surface area (Å²) in [6.45, 7) is 4.35. The first-order valence-electron chi connectivity index (χ1n) is 6.99. The van der Waals surface area contributed by atoms with Gasteiger partial charge in [-0.05, 0) is 57.0 Å². The molecular weight excluding hydrogens is 238 g/mol. The van der Waals surface area contributed by atoms with Crippen molar-refractivity contribution in [2.75, 3.05) is 25.0 Å². The molecule has 1 N–H and O–H groups in total. The molecule has 5 nitrogen and oxygen atoms in total. The number of nitrogens with one attached hydrogen (secondary N) is 1. The maximum absolute atomic E-state index is 4.35. The topological polar surface area (TPSA) is 45.5 Å². The number of rotatable bonds is 2. The summed E-state index contributed by atoms with van der Waals surface area (Å²) >= 11 is 0. The van der Waals surface area contributed by atoms with Gasteiger partial charge in [-0.25, -0.2) is 4.98 Å². The highest BCUT2D eigenvalue weighted by molar-refractivity contribution is 5.53. The lowest BCUT2D eigenvalue weighted by molar-refractivity contribution is 0.558. The minimum absolute atomic E-state index is 0.573. The fourth-order valence-corrected chi connectivity index (χ4v) is 2.86. The summed E-state index contributed by atoms with van der Waals surface area (Å²) in [6, 6.07) is 4.84. The van der Waals surface area contributed by atoms with Gasteiger partial charge in [0, 0.05) is 13.1 Å². The van der Waals surface area contributed by atoms with Gasteiger partial charge in [-0.1, -0.05) is 0 Å². The Kier molecular flexibility index (Phi) is 3.38. The second-order valence-corrected chi connectivity index (χ2v) is 5.37. The Morgan fingerprint density at radius 3 is 3.11 bits per heavy atom. The molecule has 0 bridgehead atoms. The van der Waals surface area contributed by atoms with Crippen molar-refractivity contribution in [3.8, 4) is 0 Å². The van der Waals surface area contributed by atoms with Crippen molar-refractivity contribution in [1.82, 2.24) is 19.9 Å². The van der Waals surface area contributed by atoms with Gasteiger partial charge in [-0.2, -0.15) is 9.61 Å². The molecule has 2 aromatic heterocycles. The Hall–Kier alpha value is -1.62. The lowest BCUT2D eigenvalue weighted by Crippen LogP contribution is -2.33.